The van der Waals surface area contributed by atoms with E-state index in [2.05, 4.69) is 36.3 Å². The first-order valence-corrected chi connectivity index (χ1v) is 7.75. The number of hydrogen-bond acceptors (Lipinski definition) is 2. The molecule has 19 heavy (non-hydrogen) atoms. The lowest BCUT2D eigenvalue weighted by atomic mass is 9.96. The predicted molar refractivity (Wildman–Crippen MR) is 82.7 cm³/mol. The molecular formula is C16H25ClN2. The van der Waals surface area contributed by atoms with Crippen molar-refractivity contribution in [3.05, 3.63) is 34.9 Å². The van der Waals surface area contributed by atoms with Gasteiger partial charge >= 0.3 is 0 Å². The van der Waals surface area contributed by atoms with Crippen LogP contribution in [-0.2, 0) is 0 Å². The molecule has 2 atom stereocenters. The average Bonchev–Trinajstić information content (AvgIpc) is 2.43. The molecule has 0 saturated carbocycles. The number of nitrogens with zero attached hydrogens (tertiary/aromatic N) is 1. The first kappa shape index (κ1) is 14.8. The monoisotopic (exact) mass is 280 g/mol. The van der Waals surface area contributed by atoms with E-state index >= 15 is 0 Å². The molecule has 2 unspecified atom stereocenters. The van der Waals surface area contributed by atoms with Crippen LogP contribution in [-0.4, -0.2) is 31.6 Å². The molecule has 1 fully saturated rings. The predicted octanol–water partition coefficient (Wildman–Crippen LogP) is 3.72. The van der Waals surface area contributed by atoms with E-state index in [1.165, 1.54) is 38.0 Å². The summed E-state index contributed by atoms with van der Waals surface area (Å²) in [6.07, 6.45) is 3.81. The van der Waals surface area contributed by atoms with Crippen LogP contribution in [0.1, 0.15) is 37.8 Å². The molecule has 1 aliphatic heterocycles. The molecule has 2 nitrogen and oxygen atoms in total. The third-order valence-electron chi connectivity index (χ3n) is 4.12. The van der Waals surface area contributed by atoms with Gasteiger partial charge in [0.05, 0.1) is 0 Å². The van der Waals surface area contributed by atoms with Crippen LogP contribution >= 0.6 is 11.6 Å². The second-order valence-corrected chi connectivity index (χ2v) is 6.06. The Hall–Kier alpha value is -0.570. The highest BCUT2D eigenvalue weighted by atomic mass is 35.5. The number of rotatable bonds is 5. The molecule has 0 aliphatic carbocycles. The van der Waals surface area contributed by atoms with Crippen LogP contribution in [0.3, 0.4) is 0 Å². The third-order valence-corrected chi connectivity index (χ3v) is 4.37. The summed E-state index contributed by atoms with van der Waals surface area (Å²) in [5.41, 5.74) is 1.37. The Morgan fingerprint density at radius 1 is 1.37 bits per heavy atom. The minimum atomic E-state index is 0.499. The first-order valence-electron chi connectivity index (χ1n) is 7.37. The van der Waals surface area contributed by atoms with Crippen LogP contribution in [0.15, 0.2) is 24.3 Å². The van der Waals surface area contributed by atoms with E-state index in [-0.39, 0.29) is 0 Å². The lowest BCUT2D eigenvalue weighted by Crippen LogP contribution is -2.38. The molecule has 1 aromatic rings. The summed E-state index contributed by atoms with van der Waals surface area (Å²) < 4.78 is 0. The molecule has 0 radical (unpaired) electrons. The Bertz CT molecular complexity index is 371. The zero-order valence-corrected chi connectivity index (χ0v) is 12.8. The van der Waals surface area contributed by atoms with Crippen molar-refractivity contribution in [2.75, 3.05) is 26.7 Å². The number of hydrogen-bond donors (Lipinski definition) is 1. The second-order valence-electron chi connectivity index (χ2n) is 5.63. The Morgan fingerprint density at radius 2 is 2.11 bits per heavy atom. The maximum atomic E-state index is 5.97. The van der Waals surface area contributed by atoms with Crippen LogP contribution < -0.4 is 5.32 Å². The number of benzene rings is 1. The number of halogens is 1. The molecule has 1 aromatic carbocycles. The zero-order valence-electron chi connectivity index (χ0n) is 12.0. The average molecular weight is 281 g/mol. The van der Waals surface area contributed by atoms with Gasteiger partial charge in [0.2, 0.25) is 0 Å². The summed E-state index contributed by atoms with van der Waals surface area (Å²) in [6.45, 7) is 5.79. The largest absolute Gasteiger partial charge is 0.316 e. The van der Waals surface area contributed by atoms with Gasteiger partial charge in [-0.1, -0.05) is 30.7 Å². The third kappa shape index (κ3) is 4.20. The van der Waals surface area contributed by atoms with Crippen molar-refractivity contribution >= 4 is 11.6 Å². The van der Waals surface area contributed by atoms with Crippen molar-refractivity contribution in [3.8, 4) is 0 Å². The lowest BCUT2D eigenvalue weighted by Gasteiger charge is -2.33. The Labute approximate surface area is 122 Å². The second kappa shape index (κ2) is 7.28. The minimum absolute atomic E-state index is 0.499. The van der Waals surface area contributed by atoms with Crippen LogP contribution in [0.2, 0.25) is 5.02 Å². The number of nitrogens with one attached hydrogen (secondary N) is 1. The quantitative estimate of drug-likeness (QED) is 0.884. The molecule has 0 bridgehead atoms. The summed E-state index contributed by atoms with van der Waals surface area (Å²) in [7, 11) is 2.25. The van der Waals surface area contributed by atoms with E-state index in [1.807, 2.05) is 12.1 Å². The van der Waals surface area contributed by atoms with Gasteiger partial charge in [-0.3, -0.25) is 4.90 Å². The topological polar surface area (TPSA) is 15.3 Å². The Kier molecular flexibility index (Phi) is 5.68. The zero-order chi connectivity index (χ0) is 13.7. The van der Waals surface area contributed by atoms with Crippen molar-refractivity contribution in [2.45, 2.75) is 32.2 Å². The fourth-order valence-electron chi connectivity index (χ4n) is 3.10. The molecule has 0 amide bonds. The van der Waals surface area contributed by atoms with Gasteiger partial charge in [-0.2, -0.15) is 0 Å². The van der Waals surface area contributed by atoms with Crippen molar-refractivity contribution in [1.29, 1.82) is 0 Å². The summed E-state index contributed by atoms with van der Waals surface area (Å²) in [5, 5.41) is 4.32. The first-order chi connectivity index (χ1) is 9.20. The molecule has 0 spiro atoms. The molecular weight excluding hydrogens is 256 g/mol. The van der Waals surface area contributed by atoms with E-state index in [9.17, 15) is 0 Å². The van der Waals surface area contributed by atoms with Gasteiger partial charge < -0.3 is 5.32 Å². The van der Waals surface area contributed by atoms with Crippen molar-refractivity contribution in [2.24, 2.45) is 5.92 Å². The standard InChI is InChI=1S/C16H25ClN2/c1-3-16(14-6-8-15(17)9-7-14)19(2)12-13-5-4-10-18-11-13/h6-9,13,16,18H,3-5,10-12H2,1-2H3. The lowest BCUT2D eigenvalue weighted by molar-refractivity contribution is 0.185. The molecule has 2 rings (SSSR count). The maximum Gasteiger partial charge on any atom is 0.0406 e. The molecule has 1 saturated heterocycles. The van der Waals surface area contributed by atoms with Crippen LogP contribution in [0.4, 0.5) is 0 Å². The molecule has 1 aliphatic rings. The van der Waals surface area contributed by atoms with E-state index in [0.717, 1.165) is 17.4 Å². The van der Waals surface area contributed by atoms with Crippen molar-refractivity contribution in [3.63, 3.8) is 0 Å². The highest BCUT2D eigenvalue weighted by Gasteiger charge is 2.20. The fraction of sp³-hybridized carbons (Fsp3) is 0.625. The van der Waals surface area contributed by atoms with E-state index in [4.69, 9.17) is 11.6 Å². The highest BCUT2D eigenvalue weighted by Crippen LogP contribution is 2.26. The Morgan fingerprint density at radius 3 is 2.68 bits per heavy atom. The van der Waals surface area contributed by atoms with E-state index in [1.54, 1.807) is 0 Å². The fourth-order valence-corrected chi connectivity index (χ4v) is 3.23. The Balaban J connectivity index is 1.97. The molecule has 1 N–H and O–H groups in total. The normalized spacial score (nSPS) is 21.6. The number of piperidine rings is 1. The highest BCUT2D eigenvalue weighted by molar-refractivity contribution is 6.30. The SMILES string of the molecule is CCC(c1ccc(Cl)cc1)N(C)CC1CCCNC1. The van der Waals surface area contributed by atoms with Gasteiger partial charge in [0.15, 0.2) is 0 Å². The van der Waals surface area contributed by atoms with Gasteiger partial charge in [0.1, 0.15) is 0 Å². The molecule has 106 valence electrons. The van der Waals surface area contributed by atoms with Gasteiger partial charge in [0.25, 0.3) is 0 Å². The smallest absolute Gasteiger partial charge is 0.0406 e. The van der Waals surface area contributed by atoms with Crippen molar-refractivity contribution < 1.29 is 0 Å². The van der Waals surface area contributed by atoms with Gasteiger partial charge in [-0.25, -0.2) is 0 Å². The molecule has 3 heteroatoms. The maximum absolute atomic E-state index is 5.97. The van der Waals surface area contributed by atoms with Crippen molar-refractivity contribution in [1.82, 2.24) is 10.2 Å². The van der Waals surface area contributed by atoms with Gasteiger partial charge in [0, 0.05) is 17.6 Å². The summed E-state index contributed by atoms with van der Waals surface area (Å²) in [5.74, 6) is 0.792. The van der Waals surface area contributed by atoms with E-state index < -0.39 is 0 Å². The van der Waals surface area contributed by atoms with Crippen LogP contribution in [0.25, 0.3) is 0 Å². The minimum Gasteiger partial charge on any atom is -0.316 e. The van der Waals surface area contributed by atoms with Gasteiger partial charge in [-0.05, 0) is 63.0 Å². The summed E-state index contributed by atoms with van der Waals surface area (Å²) in [4.78, 5) is 2.50. The summed E-state index contributed by atoms with van der Waals surface area (Å²) in [6, 6.07) is 8.81. The van der Waals surface area contributed by atoms with E-state index in [0.29, 0.717) is 6.04 Å². The van der Waals surface area contributed by atoms with Gasteiger partial charge in [-0.15, -0.1) is 0 Å². The molecule has 0 aromatic heterocycles. The summed E-state index contributed by atoms with van der Waals surface area (Å²) >= 11 is 5.97. The van der Waals surface area contributed by atoms with Crippen LogP contribution in [0, 0.1) is 5.92 Å². The van der Waals surface area contributed by atoms with Crippen LogP contribution in [0.5, 0.6) is 0 Å². The molecule has 1 heterocycles.